The summed E-state index contributed by atoms with van der Waals surface area (Å²) in [6, 6.07) is 10.0. The van der Waals surface area contributed by atoms with Gasteiger partial charge in [0, 0.05) is 0 Å². The van der Waals surface area contributed by atoms with Crippen molar-refractivity contribution < 1.29 is 50.7 Å². The molecule has 3 rings (SSSR count). The third kappa shape index (κ3) is 6.59. The Bertz CT molecular complexity index is 298. The van der Waals surface area contributed by atoms with Crippen LogP contribution >= 0.6 is 0 Å². The van der Waals surface area contributed by atoms with E-state index in [4.69, 9.17) is 0 Å². The molecule has 2 aliphatic rings. The van der Waals surface area contributed by atoms with E-state index in [0.717, 1.165) is 5.92 Å². The third-order valence-corrected chi connectivity index (χ3v) is 2.77. The van der Waals surface area contributed by atoms with Crippen molar-refractivity contribution in [2.75, 3.05) is 0 Å². The Labute approximate surface area is 136 Å². The molecule has 1 fully saturated rings. The van der Waals surface area contributed by atoms with E-state index < -0.39 is 0 Å². The average molecular weight is 434 g/mol. The molecule has 1 aromatic carbocycles. The Morgan fingerprint density at radius 1 is 1.12 bits per heavy atom. The van der Waals surface area contributed by atoms with E-state index in [-0.39, 0.29) is 50.7 Å². The molecule has 2 aliphatic carbocycles. The third-order valence-electron chi connectivity index (χ3n) is 2.77. The molecular formula is C14H16Cl2Hf. The summed E-state index contributed by atoms with van der Waals surface area (Å²) in [6.45, 7) is 0. The van der Waals surface area contributed by atoms with Crippen LogP contribution in [0, 0.1) is 12.3 Å². The summed E-state index contributed by atoms with van der Waals surface area (Å²) in [5, 5.41) is 0. The fourth-order valence-corrected chi connectivity index (χ4v) is 1.99. The van der Waals surface area contributed by atoms with E-state index in [2.05, 4.69) is 24.6 Å². The summed E-state index contributed by atoms with van der Waals surface area (Å²) in [5.74, 6) is 0.884. The maximum Gasteiger partial charge on any atom is 4.00 e. The summed E-state index contributed by atoms with van der Waals surface area (Å²) in [6.07, 6.45) is 13.0. The van der Waals surface area contributed by atoms with E-state index in [1.807, 2.05) is 30.3 Å². The molecule has 1 aromatic rings. The minimum atomic E-state index is 0. The first-order chi connectivity index (χ1) is 6.97. The second-order valence-corrected chi connectivity index (χ2v) is 3.77. The number of fused-ring (bicyclic) bond motifs is 1. The molecule has 17 heavy (non-hydrogen) atoms. The second kappa shape index (κ2) is 11.3. The Kier molecular flexibility index (Phi) is 12.9. The van der Waals surface area contributed by atoms with Crippen LogP contribution in [0.2, 0.25) is 0 Å². The van der Waals surface area contributed by atoms with Gasteiger partial charge in [0.2, 0.25) is 0 Å². The predicted octanol–water partition coefficient (Wildman–Crippen LogP) is -2.10. The molecule has 1 saturated carbocycles. The van der Waals surface area contributed by atoms with Gasteiger partial charge in [-0.15, -0.1) is 18.6 Å². The van der Waals surface area contributed by atoms with Crippen molar-refractivity contribution in [2.24, 2.45) is 5.92 Å². The number of hydrogen-bond donors (Lipinski definition) is 0. The topological polar surface area (TPSA) is 0 Å². The Balaban J connectivity index is 0. The summed E-state index contributed by atoms with van der Waals surface area (Å²) in [7, 11) is 0. The van der Waals surface area contributed by atoms with Gasteiger partial charge in [-0.2, -0.15) is 18.2 Å². The van der Waals surface area contributed by atoms with Crippen LogP contribution in [0.3, 0.4) is 0 Å². The molecular weight excluding hydrogens is 418 g/mol. The summed E-state index contributed by atoms with van der Waals surface area (Å²) in [4.78, 5) is 0. The fraction of sp³-hybridized carbons (Fsp3) is 0.286. The van der Waals surface area contributed by atoms with Crippen molar-refractivity contribution in [1.29, 1.82) is 0 Å². The predicted molar refractivity (Wildman–Crippen MR) is 60.9 cm³/mol. The normalized spacial score (nSPS) is 18.8. The minimum absolute atomic E-state index is 0. The van der Waals surface area contributed by atoms with Crippen molar-refractivity contribution in [3.63, 3.8) is 0 Å². The molecule has 3 heteroatoms. The minimum Gasteiger partial charge on any atom is -1.00 e. The van der Waals surface area contributed by atoms with Crippen LogP contribution < -0.4 is 24.8 Å². The van der Waals surface area contributed by atoms with Gasteiger partial charge in [0.1, 0.15) is 0 Å². The van der Waals surface area contributed by atoms with Crippen molar-refractivity contribution in [1.82, 2.24) is 0 Å². The van der Waals surface area contributed by atoms with Gasteiger partial charge in [-0.1, -0.05) is 6.42 Å². The monoisotopic (exact) mass is 434 g/mol. The first-order valence-electron chi connectivity index (χ1n) is 5.33. The summed E-state index contributed by atoms with van der Waals surface area (Å²) in [5.41, 5.74) is 1.58. The van der Waals surface area contributed by atoms with E-state index in [9.17, 15) is 0 Å². The summed E-state index contributed by atoms with van der Waals surface area (Å²) < 4.78 is 0. The second-order valence-electron chi connectivity index (χ2n) is 3.77. The van der Waals surface area contributed by atoms with Crippen molar-refractivity contribution in [2.45, 2.75) is 19.3 Å². The van der Waals surface area contributed by atoms with Gasteiger partial charge >= 0.3 is 25.8 Å². The van der Waals surface area contributed by atoms with Gasteiger partial charge < -0.3 is 24.8 Å². The number of halogens is 2. The average Bonchev–Trinajstić information content (AvgIpc) is 2.92. The molecule has 90 valence electrons. The molecule has 0 amide bonds. The zero-order chi connectivity index (χ0) is 9.64. The molecule has 0 bridgehead atoms. The first-order valence-corrected chi connectivity index (χ1v) is 5.33. The van der Waals surface area contributed by atoms with Gasteiger partial charge in [-0.25, -0.2) is 30.2 Å². The van der Waals surface area contributed by atoms with E-state index in [0.29, 0.717) is 0 Å². The molecule has 0 saturated heterocycles. The van der Waals surface area contributed by atoms with E-state index in [1.54, 1.807) is 5.57 Å². The number of rotatable bonds is 0. The quantitative estimate of drug-likeness (QED) is 0.325. The smallest absolute Gasteiger partial charge is 1.00 e. The van der Waals surface area contributed by atoms with Crippen LogP contribution in [0.1, 0.15) is 19.3 Å². The molecule has 1 unspecified atom stereocenters. The van der Waals surface area contributed by atoms with Crippen LogP contribution in [0.25, 0.3) is 0 Å². The van der Waals surface area contributed by atoms with Gasteiger partial charge in [0.25, 0.3) is 0 Å². The standard InChI is InChI=1S/C9H11.C5H5.2ClH.Hf/c1-2-5-9-7-3-6-8(9)4-1;1-2-4-5-3-1;;;/h1-2,4,6,9H,3,5,7H2;1-5H;2*1H;/q2*-1;;;+4/p-2. The van der Waals surface area contributed by atoms with Gasteiger partial charge in [-0.3, -0.25) is 0 Å². The Morgan fingerprint density at radius 2 is 1.82 bits per heavy atom. The Morgan fingerprint density at radius 3 is 2.35 bits per heavy atom. The number of hydrogen-bond acceptors (Lipinski definition) is 0. The molecule has 0 radical (unpaired) electrons. The van der Waals surface area contributed by atoms with Gasteiger partial charge in [0.15, 0.2) is 0 Å². The molecule has 0 spiro atoms. The van der Waals surface area contributed by atoms with Crippen molar-refractivity contribution >= 4 is 0 Å². The van der Waals surface area contributed by atoms with Crippen LogP contribution in [-0.2, 0) is 25.8 Å². The first kappa shape index (κ1) is 19.5. The number of allylic oxidation sites excluding steroid dienone is 4. The zero-order valence-electron chi connectivity index (χ0n) is 9.65. The Hall–Kier alpha value is 0.150. The SMILES string of the molecule is C1=CCC2CC[CH-]C2=C1.[Cl-].[Cl-].[Hf+4].c1cc[cH-]c1. The molecule has 0 heterocycles. The molecule has 0 aromatic heterocycles. The maximum absolute atomic E-state index is 2.37. The van der Waals surface area contributed by atoms with Crippen molar-refractivity contribution in [3.8, 4) is 0 Å². The fourth-order valence-electron chi connectivity index (χ4n) is 1.99. The van der Waals surface area contributed by atoms with E-state index in [1.165, 1.54) is 19.3 Å². The molecule has 0 N–H and O–H groups in total. The van der Waals surface area contributed by atoms with Crippen molar-refractivity contribution in [3.05, 3.63) is 60.6 Å². The zero-order valence-corrected chi connectivity index (χ0v) is 14.8. The summed E-state index contributed by atoms with van der Waals surface area (Å²) >= 11 is 0. The van der Waals surface area contributed by atoms with Crippen LogP contribution in [0.5, 0.6) is 0 Å². The van der Waals surface area contributed by atoms with Crippen LogP contribution in [0.15, 0.2) is 54.1 Å². The molecule has 0 aliphatic heterocycles. The largest absolute Gasteiger partial charge is 4.00 e. The van der Waals surface area contributed by atoms with Crippen LogP contribution in [-0.4, -0.2) is 0 Å². The van der Waals surface area contributed by atoms with Gasteiger partial charge in [0.05, 0.1) is 0 Å². The van der Waals surface area contributed by atoms with E-state index >= 15 is 0 Å². The molecule has 0 nitrogen and oxygen atoms in total. The van der Waals surface area contributed by atoms with Crippen LogP contribution in [0.4, 0.5) is 0 Å². The molecule has 1 atom stereocenters. The maximum atomic E-state index is 2.37. The van der Waals surface area contributed by atoms with Gasteiger partial charge in [-0.05, 0) is 12.3 Å².